The SMILES string of the molecule is CC1(C)c2cc(-c3ccc4ccccc4c3)ccc2-n2c3ccc(-c4ccc5ccccc5c4)cc3c3cc(-c4ccc5ccccc5c4)cc1c32. The van der Waals surface area contributed by atoms with Gasteiger partial charge in [0.15, 0.2) is 0 Å². The molecule has 1 aromatic heterocycles. The zero-order chi connectivity index (χ0) is 34.6. The Balaban J connectivity index is 1.18. The van der Waals surface area contributed by atoms with Gasteiger partial charge in [-0.2, -0.15) is 0 Å². The van der Waals surface area contributed by atoms with Crippen LogP contribution >= 0.6 is 0 Å². The topological polar surface area (TPSA) is 4.93 Å². The fourth-order valence-corrected chi connectivity index (χ4v) is 8.88. The first-order chi connectivity index (χ1) is 25.5. The van der Waals surface area contributed by atoms with E-state index in [0.29, 0.717) is 0 Å². The molecule has 10 aromatic rings. The van der Waals surface area contributed by atoms with Crippen LogP contribution < -0.4 is 0 Å². The van der Waals surface area contributed by atoms with E-state index in [9.17, 15) is 0 Å². The fraction of sp³-hybridized carbons (Fsp3) is 0.0588. The van der Waals surface area contributed by atoms with Crippen molar-refractivity contribution in [2.24, 2.45) is 0 Å². The number of fused-ring (bicyclic) bond motifs is 8. The molecule has 0 atom stereocenters. The van der Waals surface area contributed by atoms with Crippen LogP contribution in [0.25, 0.3) is 93.2 Å². The monoisotopic (exact) mass is 661 g/mol. The van der Waals surface area contributed by atoms with Crippen LogP contribution in [-0.2, 0) is 5.41 Å². The molecule has 0 N–H and O–H groups in total. The van der Waals surface area contributed by atoms with Crippen LogP contribution in [0.3, 0.4) is 0 Å². The smallest absolute Gasteiger partial charge is 0.0582 e. The summed E-state index contributed by atoms with van der Waals surface area (Å²) in [6.07, 6.45) is 0. The second-order valence-corrected chi connectivity index (χ2v) is 15.0. The molecule has 52 heavy (non-hydrogen) atoms. The number of nitrogens with zero attached hydrogens (tertiary/aromatic N) is 1. The van der Waals surface area contributed by atoms with E-state index in [4.69, 9.17) is 0 Å². The largest absolute Gasteiger partial charge is 0.309 e. The predicted octanol–water partition coefficient (Wildman–Crippen LogP) is 13.9. The van der Waals surface area contributed by atoms with Gasteiger partial charge < -0.3 is 4.57 Å². The molecule has 0 radical (unpaired) electrons. The molecule has 9 aromatic carbocycles. The molecule has 244 valence electrons. The second-order valence-electron chi connectivity index (χ2n) is 15.0. The first kappa shape index (κ1) is 29.3. The zero-order valence-corrected chi connectivity index (χ0v) is 29.2. The molecule has 2 heterocycles. The summed E-state index contributed by atoms with van der Waals surface area (Å²) < 4.78 is 2.54. The van der Waals surface area contributed by atoms with Gasteiger partial charge >= 0.3 is 0 Å². The summed E-state index contributed by atoms with van der Waals surface area (Å²) in [6.45, 7) is 4.83. The maximum atomic E-state index is 2.54. The highest BCUT2D eigenvalue weighted by molar-refractivity contribution is 6.14. The number of benzene rings is 9. The van der Waals surface area contributed by atoms with Crippen LogP contribution in [0.2, 0.25) is 0 Å². The Morgan fingerprint density at radius 1 is 0.346 bits per heavy atom. The van der Waals surface area contributed by atoms with E-state index >= 15 is 0 Å². The Hall–Kier alpha value is -6.44. The fourth-order valence-electron chi connectivity index (χ4n) is 8.88. The molecule has 1 aliphatic heterocycles. The van der Waals surface area contributed by atoms with Crippen molar-refractivity contribution in [3.05, 3.63) is 187 Å². The van der Waals surface area contributed by atoms with Crippen molar-refractivity contribution < 1.29 is 0 Å². The summed E-state index contributed by atoms with van der Waals surface area (Å²) in [7, 11) is 0. The third kappa shape index (κ3) is 4.29. The van der Waals surface area contributed by atoms with Gasteiger partial charge in [0, 0.05) is 16.2 Å². The van der Waals surface area contributed by atoms with Gasteiger partial charge in [-0.1, -0.05) is 135 Å². The first-order valence-corrected chi connectivity index (χ1v) is 18.2. The molecule has 1 aliphatic rings. The van der Waals surface area contributed by atoms with Gasteiger partial charge in [0.2, 0.25) is 0 Å². The van der Waals surface area contributed by atoms with Crippen molar-refractivity contribution >= 4 is 54.1 Å². The Kier molecular flexibility index (Phi) is 6.08. The van der Waals surface area contributed by atoms with Crippen LogP contribution in [0.4, 0.5) is 0 Å². The molecule has 0 amide bonds. The van der Waals surface area contributed by atoms with Gasteiger partial charge in [-0.15, -0.1) is 0 Å². The van der Waals surface area contributed by atoms with Gasteiger partial charge in [0.1, 0.15) is 0 Å². The predicted molar refractivity (Wildman–Crippen MR) is 222 cm³/mol. The Labute approximate surface area is 303 Å². The van der Waals surface area contributed by atoms with Gasteiger partial charge in [-0.25, -0.2) is 0 Å². The van der Waals surface area contributed by atoms with Crippen molar-refractivity contribution in [2.75, 3.05) is 0 Å². The molecule has 0 saturated heterocycles. The molecule has 0 unspecified atom stereocenters. The molecule has 0 saturated carbocycles. The third-order valence-electron chi connectivity index (χ3n) is 11.7. The lowest BCUT2D eigenvalue weighted by atomic mass is 9.73. The van der Waals surface area contributed by atoms with Gasteiger partial charge in [-0.3, -0.25) is 0 Å². The molecule has 11 rings (SSSR count). The summed E-state index contributed by atoms with van der Waals surface area (Å²) in [5.74, 6) is 0. The number of hydrogen-bond acceptors (Lipinski definition) is 0. The molecule has 0 bridgehead atoms. The lowest BCUT2D eigenvalue weighted by Crippen LogP contribution is -2.26. The van der Waals surface area contributed by atoms with Gasteiger partial charge in [0.25, 0.3) is 0 Å². The standard InChI is InChI=1S/C51H35N/c1-51(2)46-30-42(39-19-16-33-10-4-7-13-36(33)26-39)22-24-49(46)52-48-23-21-41(38-18-15-32-9-3-6-12-35(32)25-38)28-44(48)45-29-43(31-47(51)50(45)52)40-20-17-34-11-5-8-14-37(34)27-40/h3-31H,1-2H3. The van der Waals surface area contributed by atoms with Crippen LogP contribution in [0, 0.1) is 0 Å². The Morgan fingerprint density at radius 3 is 1.35 bits per heavy atom. The molecular formula is C51H35N. The van der Waals surface area contributed by atoms with Gasteiger partial charge in [-0.05, 0) is 131 Å². The minimum Gasteiger partial charge on any atom is -0.309 e. The van der Waals surface area contributed by atoms with Crippen LogP contribution in [-0.4, -0.2) is 4.57 Å². The molecule has 0 spiro atoms. The minimum atomic E-state index is -0.237. The Bertz CT molecular complexity index is 3100. The normalized spacial score (nSPS) is 13.3. The summed E-state index contributed by atoms with van der Waals surface area (Å²) in [6, 6.07) is 65.6. The van der Waals surface area contributed by atoms with Crippen LogP contribution in [0.5, 0.6) is 0 Å². The second kappa shape index (κ2) is 10.8. The highest BCUT2D eigenvalue weighted by Crippen LogP contribution is 2.50. The van der Waals surface area contributed by atoms with Crippen LogP contribution in [0.1, 0.15) is 25.0 Å². The van der Waals surface area contributed by atoms with E-state index < -0.39 is 0 Å². The average Bonchev–Trinajstić information content (AvgIpc) is 3.53. The number of rotatable bonds is 3. The molecule has 0 aliphatic carbocycles. The van der Waals surface area contributed by atoms with Crippen molar-refractivity contribution in [1.29, 1.82) is 0 Å². The zero-order valence-electron chi connectivity index (χ0n) is 29.2. The van der Waals surface area contributed by atoms with E-state index in [0.717, 1.165) is 0 Å². The minimum absolute atomic E-state index is 0.237. The molecule has 1 nitrogen and oxygen atoms in total. The highest BCUT2D eigenvalue weighted by atomic mass is 15.0. The highest BCUT2D eigenvalue weighted by Gasteiger charge is 2.36. The van der Waals surface area contributed by atoms with Crippen molar-refractivity contribution in [3.63, 3.8) is 0 Å². The summed E-state index contributed by atoms with van der Waals surface area (Å²) in [5, 5.41) is 10.2. The van der Waals surface area contributed by atoms with Crippen molar-refractivity contribution in [3.8, 4) is 39.1 Å². The first-order valence-electron chi connectivity index (χ1n) is 18.2. The maximum Gasteiger partial charge on any atom is 0.0582 e. The van der Waals surface area contributed by atoms with Crippen LogP contribution in [0.15, 0.2) is 176 Å². The van der Waals surface area contributed by atoms with Crippen molar-refractivity contribution in [2.45, 2.75) is 19.3 Å². The van der Waals surface area contributed by atoms with Gasteiger partial charge in [0.05, 0.1) is 16.7 Å². The van der Waals surface area contributed by atoms with E-state index in [2.05, 4.69) is 194 Å². The summed E-state index contributed by atoms with van der Waals surface area (Å²) in [4.78, 5) is 0. The maximum absolute atomic E-state index is 2.54. The molecule has 0 fully saturated rings. The molecular weight excluding hydrogens is 627 g/mol. The summed E-state index contributed by atoms with van der Waals surface area (Å²) in [5.41, 5.74) is 13.8. The van der Waals surface area contributed by atoms with E-state index in [1.165, 1.54) is 104 Å². The van der Waals surface area contributed by atoms with E-state index in [1.807, 2.05) is 0 Å². The number of hydrogen-bond donors (Lipinski definition) is 0. The van der Waals surface area contributed by atoms with Crippen molar-refractivity contribution in [1.82, 2.24) is 4.57 Å². The van der Waals surface area contributed by atoms with E-state index in [1.54, 1.807) is 0 Å². The Morgan fingerprint density at radius 2 is 0.769 bits per heavy atom. The lowest BCUT2D eigenvalue weighted by Gasteiger charge is -2.35. The average molecular weight is 662 g/mol. The summed E-state index contributed by atoms with van der Waals surface area (Å²) >= 11 is 0. The lowest BCUT2D eigenvalue weighted by molar-refractivity contribution is 0.630. The quantitative estimate of drug-likeness (QED) is 0.178. The molecule has 1 heteroatoms. The number of aromatic nitrogens is 1. The van der Waals surface area contributed by atoms with E-state index in [-0.39, 0.29) is 5.41 Å². The third-order valence-corrected chi connectivity index (χ3v) is 11.7.